The van der Waals surface area contributed by atoms with Crippen LogP contribution in [0.3, 0.4) is 0 Å². The monoisotopic (exact) mass is 370 g/mol. The number of nitrogens with zero attached hydrogens (tertiary/aromatic N) is 2. The minimum absolute atomic E-state index is 0.551. The van der Waals surface area contributed by atoms with Crippen LogP contribution in [0.4, 0.5) is 0 Å². The second kappa shape index (κ2) is 7.31. The average Bonchev–Trinajstić information content (AvgIpc) is 2.96. The van der Waals surface area contributed by atoms with E-state index in [1.54, 1.807) is 0 Å². The minimum atomic E-state index is 0.551. The van der Waals surface area contributed by atoms with E-state index in [1.165, 1.54) is 16.8 Å². The van der Waals surface area contributed by atoms with Crippen LogP contribution in [0.2, 0.25) is 0 Å². The number of aryl methyl sites for hydroxylation is 1. The quantitative estimate of drug-likeness (QED) is 0.682. The zero-order valence-electron chi connectivity index (χ0n) is 13.7. The smallest absolute Gasteiger partial charge is 0.0580 e. The minimum Gasteiger partial charge on any atom is -0.342 e. The Morgan fingerprint density at radius 3 is 2.91 bits per heavy atom. The molecule has 0 bridgehead atoms. The van der Waals surface area contributed by atoms with Crippen LogP contribution in [0.25, 0.3) is 4.48 Å². The average molecular weight is 371 g/mol. The van der Waals surface area contributed by atoms with Crippen molar-refractivity contribution in [2.24, 2.45) is 16.8 Å². The lowest BCUT2D eigenvalue weighted by Gasteiger charge is -2.24. The van der Waals surface area contributed by atoms with Crippen LogP contribution in [0.1, 0.15) is 24.6 Å². The summed E-state index contributed by atoms with van der Waals surface area (Å²) in [5.41, 5.74) is 3.96. The molecule has 0 saturated carbocycles. The number of dihydropyridines is 1. The summed E-state index contributed by atoms with van der Waals surface area (Å²) in [5.74, 6) is 1.14. The molecule has 2 nitrogen and oxygen atoms in total. The van der Waals surface area contributed by atoms with Crippen molar-refractivity contribution < 1.29 is 0 Å². The first-order chi connectivity index (χ1) is 11.2. The molecule has 2 atom stereocenters. The number of rotatable bonds is 4. The van der Waals surface area contributed by atoms with Gasteiger partial charge in [-0.2, -0.15) is 0 Å². The summed E-state index contributed by atoms with van der Waals surface area (Å²) in [6, 6.07) is 2.18. The SMILES string of the molecule is C/C=C(/Br)c1c(C)ccn1CC1=CCC(C2C=CC=NC2)C=C1. The van der Waals surface area contributed by atoms with E-state index in [0.717, 1.165) is 24.0 Å². The van der Waals surface area contributed by atoms with E-state index in [1.807, 2.05) is 6.21 Å². The van der Waals surface area contributed by atoms with Crippen LogP contribution < -0.4 is 0 Å². The van der Waals surface area contributed by atoms with Crippen LogP contribution in [0.5, 0.6) is 0 Å². The lowest BCUT2D eigenvalue weighted by atomic mass is 9.84. The lowest BCUT2D eigenvalue weighted by molar-refractivity contribution is 0.481. The highest BCUT2D eigenvalue weighted by Crippen LogP contribution is 2.29. The van der Waals surface area contributed by atoms with Gasteiger partial charge in [0.05, 0.1) is 5.69 Å². The fraction of sp³-hybridized carbons (Fsp3) is 0.350. The van der Waals surface area contributed by atoms with Gasteiger partial charge < -0.3 is 4.57 Å². The first-order valence-electron chi connectivity index (χ1n) is 8.21. The summed E-state index contributed by atoms with van der Waals surface area (Å²) >= 11 is 3.67. The van der Waals surface area contributed by atoms with E-state index >= 15 is 0 Å². The number of halogens is 1. The Hall–Kier alpha value is -1.61. The normalized spacial score (nSPS) is 24.1. The Labute approximate surface area is 147 Å². The Morgan fingerprint density at radius 2 is 2.26 bits per heavy atom. The Balaban J connectivity index is 1.69. The summed E-state index contributed by atoms with van der Waals surface area (Å²) < 4.78 is 3.48. The molecule has 1 aromatic heterocycles. The van der Waals surface area contributed by atoms with E-state index in [4.69, 9.17) is 0 Å². The number of hydrogen-bond acceptors (Lipinski definition) is 1. The van der Waals surface area contributed by atoms with Crippen LogP contribution in [-0.2, 0) is 6.54 Å². The van der Waals surface area contributed by atoms with E-state index in [-0.39, 0.29) is 0 Å². The van der Waals surface area contributed by atoms with Gasteiger partial charge in [0.25, 0.3) is 0 Å². The molecule has 0 aromatic carbocycles. The Bertz CT molecular complexity index is 716. The van der Waals surface area contributed by atoms with Crippen molar-refractivity contribution >= 4 is 26.6 Å². The van der Waals surface area contributed by atoms with Crippen molar-refractivity contribution in [3.63, 3.8) is 0 Å². The second-order valence-corrected chi connectivity index (χ2v) is 7.07. The van der Waals surface area contributed by atoms with Crippen molar-refractivity contribution in [3.8, 4) is 0 Å². The largest absolute Gasteiger partial charge is 0.342 e. The molecule has 0 spiro atoms. The summed E-state index contributed by atoms with van der Waals surface area (Å²) in [4.78, 5) is 4.38. The summed E-state index contributed by atoms with van der Waals surface area (Å²) in [7, 11) is 0. The standard InChI is InChI=1S/C20H23BrN2/c1-3-19(21)20-15(2)10-12-23(20)14-16-6-8-17(9-7-16)18-5-4-11-22-13-18/h3-8,10-12,17-18H,9,13-14H2,1-2H3/b19-3+. The third-order valence-electron chi connectivity index (χ3n) is 4.62. The summed E-state index contributed by atoms with van der Waals surface area (Å²) in [5, 5.41) is 0. The van der Waals surface area contributed by atoms with Gasteiger partial charge in [0.2, 0.25) is 0 Å². The van der Waals surface area contributed by atoms with E-state index in [9.17, 15) is 0 Å². The zero-order chi connectivity index (χ0) is 16.2. The van der Waals surface area contributed by atoms with E-state index < -0.39 is 0 Å². The predicted octanol–water partition coefficient (Wildman–Crippen LogP) is 5.31. The first kappa shape index (κ1) is 16.3. The molecule has 3 rings (SSSR count). The fourth-order valence-electron chi connectivity index (χ4n) is 3.26. The van der Waals surface area contributed by atoms with Gasteiger partial charge >= 0.3 is 0 Å². The van der Waals surface area contributed by atoms with E-state index in [2.05, 4.69) is 88.1 Å². The van der Waals surface area contributed by atoms with Gasteiger partial charge in [-0.25, -0.2) is 0 Å². The molecule has 0 fully saturated rings. The molecule has 1 aliphatic heterocycles. The maximum Gasteiger partial charge on any atom is 0.0580 e. The number of aliphatic imine (C=N–C) groups is 1. The third-order valence-corrected chi connectivity index (χ3v) is 5.46. The maximum atomic E-state index is 4.38. The predicted molar refractivity (Wildman–Crippen MR) is 103 cm³/mol. The van der Waals surface area contributed by atoms with Crippen molar-refractivity contribution in [1.29, 1.82) is 0 Å². The molecule has 0 saturated heterocycles. The Morgan fingerprint density at radius 1 is 1.39 bits per heavy atom. The molecule has 23 heavy (non-hydrogen) atoms. The van der Waals surface area contributed by atoms with Crippen molar-refractivity contribution in [1.82, 2.24) is 4.57 Å². The number of hydrogen-bond donors (Lipinski definition) is 0. The molecule has 0 radical (unpaired) electrons. The van der Waals surface area contributed by atoms with Gasteiger partial charge in [-0.1, -0.05) is 30.4 Å². The zero-order valence-corrected chi connectivity index (χ0v) is 15.3. The molecule has 2 unspecified atom stereocenters. The van der Waals surface area contributed by atoms with Crippen molar-refractivity contribution in [2.75, 3.05) is 6.54 Å². The van der Waals surface area contributed by atoms with Gasteiger partial charge in [0.15, 0.2) is 0 Å². The molecule has 1 aromatic rings. The topological polar surface area (TPSA) is 17.3 Å². The molecule has 0 N–H and O–H groups in total. The summed E-state index contributed by atoms with van der Waals surface area (Å²) in [6.07, 6.45) is 18.7. The Kier molecular flexibility index (Phi) is 5.16. The van der Waals surface area contributed by atoms with Gasteiger partial charge in [-0.3, -0.25) is 4.99 Å². The molecule has 0 amide bonds. The molecule has 2 heterocycles. The molecule has 1 aliphatic carbocycles. The van der Waals surface area contributed by atoms with Gasteiger partial charge in [0, 0.05) is 35.9 Å². The van der Waals surface area contributed by atoms with Gasteiger partial charge in [-0.05, 0) is 65.4 Å². The highest BCUT2D eigenvalue weighted by atomic mass is 79.9. The van der Waals surface area contributed by atoms with Gasteiger partial charge in [0.1, 0.15) is 0 Å². The van der Waals surface area contributed by atoms with Crippen LogP contribution in [-0.4, -0.2) is 17.3 Å². The highest BCUT2D eigenvalue weighted by molar-refractivity contribution is 9.15. The molecule has 3 heteroatoms. The van der Waals surface area contributed by atoms with Crippen LogP contribution in [0, 0.1) is 18.8 Å². The summed E-state index contributed by atoms with van der Waals surface area (Å²) in [6.45, 7) is 6.07. The maximum absolute atomic E-state index is 4.38. The van der Waals surface area contributed by atoms with Crippen LogP contribution >= 0.6 is 15.9 Å². The first-order valence-corrected chi connectivity index (χ1v) is 9.00. The van der Waals surface area contributed by atoms with Crippen molar-refractivity contribution in [2.45, 2.75) is 26.8 Å². The molecule has 120 valence electrons. The fourth-order valence-corrected chi connectivity index (χ4v) is 3.80. The van der Waals surface area contributed by atoms with Gasteiger partial charge in [-0.15, -0.1) is 0 Å². The molecular formula is C20H23BrN2. The number of aromatic nitrogens is 1. The van der Waals surface area contributed by atoms with Crippen molar-refractivity contribution in [3.05, 3.63) is 65.5 Å². The highest BCUT2D eigenvalue weighted by Gasteiger charge is 2.19. The van der Waals surface area contributed by atoms with E-state index in [0.29, 0.717) is 11.8 Å². The van der Waals surface area contributed by atoms with Crippen LogP contribution in [0.15, 0.2) is 59.3 Å². The number of allylic oxidation sites excluding steroid dienone is 6. The molecule has 2 aliphatic rings. The molecular weight excluding hydrogens is 348 g/mol. The second-order valence-electron chi connectivity index (χ2n) is 6.21. The lowest BCUT2D eigenvalue weighted by Crippen LogP contribution is -2.17. The third kappa shape index (κ3) is 3.66.